The molecular formula is C10H17ClN4O6S2. The van der Waals surface area contributed by atoms with Gasteiger partial charge in [0.25, 0.3) is 0 Å². The monoisotopic (exact) mass is 388 g/mol. The number of aryl methyl sites for hydroxylation is 1. The van der Waals surface area contributed by atoms with Crippen LogP contribution < -0.4 is 4.90 Å². The van der Waals surface area contributed by atoms with Crippen molar-refractivity contribution in [2.24, 2.45) is 0 Å². The zero-order valence-electron chi connectivity index (χ0n) is 12.8. The Labute approximate surface area is 140 Å². The number of rotatable bonds is 9. The topological polar surface area (TPSA) is 129 Å². The summed E-state index contributed by atoms with van der Waals surface area (Å²) in [6.45, 7) is 1.22. The summed E-state index contributed by atoms with van der Waals surface area (Å²) in [5, 5.41) is 0.0142. The summed E-state index contributed by atoms with van der Waals surface area (Å²) in [6.07, 6.45) is 0. The van der Waals surface area contributed by atoms with E-state index in [9.17, 15) is 16.8 Å². The third kappa shape index (κ3) is 7.35. The number of aromatic nitrogens is 3. The summed E-state index contributed by atoms with van der Waals surface area (Å²) in [6, 6.07) is 0. The highest BCUT2D eigenvalue weighted by molar-refractivity contribution is 7.91. The summed E-state index contributed by atoms with van der Waals surface area (Å²) >= 11 is 5.72. The second kappa shape index (κ2) is 8.15. The molecule has 132 valence electrons. The van der Waals surface area contributed by atoms with Gasteiger partial charge in [0.05, 0.1) is 25.2 Å². The maximum atomic E-state index is 11.9. The van der Waals surface area contributed by atoms with Gasteiger partial charge >= 0.3 is 10.4 Å². The summed E-state index contributed by atoms with van der Waals surface area (Å²) in [5.74, 6) is -0.0355. The lowest BCUT2D eigenvalue weighted by Gasteiger charge is -2.17. The SMILES string of the molecule is COS(=O)(=O)OCCS(=O)(=O)CCN(C)c1nc(C)nc(Cl)n1. The first-order valence-electron chi connectivity index (χ1n) is 6.29. The third-order valence-corrected chi connectivity index (χ3v) is 5.24. The van der Waals surface area contributed by atoms with Crippen molar-refractivity contribution >= 4 is 37.8 Å². The maximum Gasteiger partial charge on any atom is 0.399 e. The first-order chi connectivity index (χ1) is 10.5. The molecule has 0 saturated heterocycles. The molecule has 0 aliphatic carbocycles. The van der Waals surface area contributed by atoms with Gasteiger partial charge in [0.2, 0.25) is 11.2 Å². The molecule has 10 nitrogen and oxygen atoms in total. The zero-order valence-corrected chi connectivity index (χ0v) is 15.2. The van der Waals surface area contributed by atoms with E-state index < -0.39 is 32.6 Å². The molecule has 0 radical (unpaired) electrons. The van der Waals surface area contributed by atoms with Crippen molar-refractivity contribution in [3.63, 3.8) is 0 Å². The average molecular weight is 389 g/mol. The minimum absolute atomic E-state index is 0.0142. The van der Waals surface area contributed by atoms with E-state index in [0.29, 0.717) is 5.82 Å². The van der Waals surface area contributed by atoms with Gasteiger partial charge in [-0.15, -0.1) is 0 Å². The van der Waals surface area contributed by atoms with E-state index in [1.54, 1.807) is 14.0 Å². The highest BCUT2D eigenvalue weighted by Crippen LogP contribution is 2.09. The molecule has 0 unspecified atom stereocenters. The van der Waals surface area contributed by atoms with Gasteiger partial charge in [-0.2, -0.15) is 18.4 Å². The minimum Gasteiger partial charge on any atom is -0.343 e. The number of hydrogen-bond acceptors (Lipinski definition) is 10. The molecule has 1 heterocycles. The van der Waals surface area contributed by atoms with Gasteiger partial charge in [-0.25, -0.2) is 17.6 Å². The maximum absolute atomic E-state index is 11.9. The molecule has 1 aromatic rings. The first-order valence-corrected chi connectivity index (χ1v) is 9.82. The van der Waals surface area contributed by atoms with Crippen LogP contribution in [0, 0.1) is 6.92 Å². The Morgan fingerprint density at radius 3 is 2.35 bits per heavy atom. The van der Waals surface area contributed by atoms with Crippen LogP contribution in [-0.2, 0) is 28.6 Å². The molecule has 0 bridgehead atoms. The van der Waals surface area contributed by atoms with Crippen LogP contribution in [0.4, 0.5) is 5.95 Å². The number of halogens is 1. The number of nitrogens with zero attached hydrogens (tertiary/aromatic N) is 4. The van der Waals surface area contributed by atoms with Crippen LogP contribution in [0.5, 0.6) is 0 Å². The van der Waals surface area contributed by atoms with Crippen LogP contribution in [0.15, 0.2) is 0 Å². The molecule has 0 N–H and O–H groups in total. The van der Waals surface area contributed by atoms with E-state index in [1.807, 2.05) is 0 Å². The van der Waals surface area contributed by atoms with Crippen molar-refractivity contribution in [2.75, 3.05) is 43.7 Å². The Balaban J connectivity index is 2.55. The van der Waals surface area contributed by atoms with E-state index in [-0.39, 0.29) is 23.5 Å². The van der Waals surface area contributed by atoms with Gasteiger partial charge in [0, 0.05) is 13.6 Å². The van der Waals surface area contributed by atoms with Crippen LogP contribution in [0.3, 0.4) is 0 Å². The molecule has 0 atom stereocenters. The van der Waals surface area contributed by atoms with Crippen molar-refractivity contribution in [3.8, 4) is 0 Å². The minimum atomic E-state index is -4.14. The molecule has 0 fully saturated rings. The lowest BCUT2D eigenvalue weighted by Crippen LogP contribution is -2.29. The Bertz CT molecular complexity index is 719. The smallest absolute Gasteiger partial charge is 0.343 e. The number of anilines is 1. The lowest BCUT2D eigenvalue weighted by atomic mass is 10.6. The molecule has 0 aliphatic rings. The van der Waals surface area contributed by atoms with Gasteiger partial charge in [-0.05, 0) is 18.5 Å². The van der Waals surface area contributed by atoms with Crippen molar-refractivity contribution in [3.05, 3.63) is 11.1 Å². The van der Waals surface area contributed by atoms with E-state index >= 15 is 0 Å². The molecule has 23 heavy (non-hydrogen) atoms. The van der Waals surface area contributed by atoms with Crippen molar-refractivity contribution in [1.29, 1.82) is 0 Å². The molecule has 0 aromatic carbocycles. The summed E-state index contributed by atoms with van der Waals surface area (Å²) in [4.78, 5) is 13.3. The fraction of sp³-hybridized carbons (Fsp3) is 0.700. The third-order valence-electron chi connectivity index (χ3n) is 2.61. The Morgan fingerprint density at radius 2 is 1.78 bits per heavy atom. The molecular weight excluding hydrogens is 372 g/mol. The molecule has 1 rings (SSSR count). The van der Waals surface area contributed by atoms with Crippen LogP contribution in [-0.4, -0.2) is 70.6 Å². The van der Waals surface area contributed by atoms with Gasteiger partial charge in [0.1, 0.15) is 5.82 Å². The van der Waals surface area contributed by atoms with Crippen LogP contribution in [0.2, 0.25) is 5.28 Å². The van der Waals surface area contributed by atoms with E-state index in [0.717, 1.165) is 7.11 Å². The normalized spacial score (nSPS) is 12.3. The summed E-state index contributed by atoms with van der Waals surface area (Å²) in [7, 11) is -5.15. The highest BCUT2D eigenvalue weighted by Gasteiger charge is 2.17. The van der Waals surface area contributed by atoms with E-state index in [2.05, 4.69) is 23.3 Å². The molecule has 1 aromatic heterocycles. The Kier molecular flexibility index (Phi) is 7.07. The molecule has 0 saturated carbocycles. The van der Waals surface area contributed by atoms with Crippen LogP contribution in [0.1, 0.15) is 5.82 Å². The predicted octanol–water partition coefficient (Wildman–Crippen LogP) is -0.408. The van der Waals surface area contributed by atoms with Crippen LogP contribution in [0.25, 0.3) is 0 Å². The molecule has 13 heteroatoms. The lowest BCUT2D eigenvalue weighted by molar-refractivity contribution is 0.255. The highest BCUT2D eigenvalue weighted by atomic mass is 35.5. The van der Waals surface area contributed by atoms with Crippen LogP contribution >= 0.6 is 11.6 Å². The van der Waals surface area contributed by atoms with Gasteiger partial charge in [-0.1, -0.05) is 0 Å². The molecule has 0 aliphatic heterocycles. The fourth-order valence-electron chi connectivity index (χ4n) is 1.40. The summed E-state index contributed by atoms with van der Waals surface area (Å²) in [5.41, 5.74) is 0. The van der Waals surface area contributed by atoms with Crippen molar-refractivity contribution in [2.45, 2.75) is 6.92 Å². The molecule has 0 amide bonds. The van der Waals surface area contributed by atoms with Gasteiger partial charge in [0.15, 0.2) is 9.84 Å². The predicted molar refractivity (Wildman–Crippen MR) is 83.4 cm³/mol. The van der Waals surface area contributed by atoms with E-state index in [4.69, 9.17) is 11.6 Å². The van der Waals surface area contributed by atoms with Gasteiger partial charge < -0.3 is 4.90 Å². The quantitative estimate of drug-likeness (QED) is 0.550. The number of hydrogen-bond donors (Lipinski definition) is 0. The largest absolute Gasteiger partial charge is 0.399 e. The standard InChI is InChI=1S/C10H17ClN4O6S2/c1-8-12-9(11)14-10(13-8)15(2)4-6-22(16,17)7-5-21-23(18,19)20-3/h4-7H2,1-3H3. The fourth-order valence-corrected chi connectivity index (χ4v) is 3.18. The van der Waals surface area contributed by atoms with Crippen molar-refractivity contribution < 1.29 is 25.2 Å². The number of sulfone groups is 1. The molecule has 0 spiro atoms. The zero-order chi connectivity index (χ0) is 17.7. The second-order valence-electron chi connectivity index (χ2n) is 4.42. The average Bonchev–Trinajstić information content (AvgIpc) is 2.43. The summed E-state index contributed by atoms with van der Waals surface area (Å²) < 4.78 is 53.9. The Hall–Kier alpha value is -1.08. The van der Waals surface area contributed by atoms with Gasteiger partial charge in [-0.3, -0.25) is 4.18 Å². The second-order valence-corrected chi connectivity index (χ2v) is 8.45. The Morgan fingerprint density at radius 1 is 1.13 bits per heavy atom. The van der Waals surface area contributed by atoms with E-state index in [1.165, 1.54) is 4.90 Å². The van der Waals surface area contributed by atoms with Crippen molar-refractivity contribution in [1.82, 2.24) is 15.0 Å². The first kappa shape index (κ1) is 20.0.